The Bertz CT molecular complexity index is 967. The summed E-state index contributed by atoms with van der Waals surface area (Å²) in [6, 6.07) is 13.8. The maximum Gasteiger partial charge on any atom is 0.415 e. The summed E-state index contributed by atoms with van der Waals surface area (Å²) >= 11 is 0. The normalized spacial score (nSPS) is 18.6. The minimum Gasteiger partial charge on any atom is -0.493 e. The Morgan fingerprint density at radius 1 is 0.970 bits per heavy atom. The molecule has 6 heteroatoms. The van der Waals surface area contributed by atoms with Crippen molar-refractivity contribution in [1.29, 1.82) is 0 Å². The van der Waals surface area contributed by atoms with Gasteiger partial charge in [0.25, 0.3) is 5.91 Å². The van der Waals surface area contributed by atoms with Crippen LogP contribution in [-0.4, -0.2) is 25.2 Å². The molecule has 0 aromatic heterocycles. The number of aryl methyl sites for hydroxylation is 1. The van der Waals surface area contributed by atoms with Gasteiger partial charge in [-0.2, -0.15) is 0 Å². The van der Waals surface area contributed by atoms with E-state index in [4.69, 9.17) is 14.2 Å². The highest BCUT2D eigenvalue weighted by molar-refractivity contribution is 6.00. The van der Waals surface area contributed by atoms with E-state index in [1.807, 2.05) is 6.07 Å². The molecular weight excluding hydrogens is 418 g/mol. The molecule has 0 bridgehead atoms. The summed E-state index contributed by atoms with van der Waals surface area (Å²) in [6.07, 6.45) is 7.88. The van der Waals surface area contributed by atoms with Gasteiger partial charge < -0.3 is 14.2 Å². The molecule has 4 rings (SSSR count). The number of hydrogen-bond donors (Lipinski definition) is 1. The summed E-state index contributed by atoms with van der Waals surface area (Å²) in [7, 11) is 0. The van der Waals surface area contributed by atoms with Gasteiger partial charge in [-0.05, 0) is 54.5 Å². The fraction of sp³-hybridized carbons (Fsp3) is 0.481. The molecule has 1 atom stereocenters. The third kappa shape index (κ3) is 6.06. The first kappa shape index (κ1) is 23.1. The van der Waals surface area contributed by atoms with Crippen LogP contribution in [0, 0.1) is 0 Å². The maximum atomic E-state index is 11.8. The van der Waals surface area contributed by atoms with Gasteiger partial charge in [-0.25, -0.2) is 4.79 Å². The molecule has 2 fully saturated rings. The SMILES string of the molecule is CCCc1cc(C2CCCCC2)ccc1OCCCOc1cccc(C2OC(=O)NC2=O)c1. The van der Waals surface area contributed by atoms with Crippen LogP contribution >= 0.6 is 0 Å². The number of nitrogens with one attached hydrogen (secondary N) is 1. The summed E-state index contributed by atoms with van der Waals surface area (Å²) in [6.45, 7) is 3.26. The highest BCUT2D eigenvalue weighted by atomic mass is 16.6. The molecular formula is C27H33NO5. The summed E-state index contributed by atoms with van der Waals surface area (Å²) in [5.74, 6) is 1.86. The van der Waals surface area contributed by atoms with Crippen LogP contribution in [0.25, 0.3) is 0 Å². The molecule has 1 heterocycles. The Morgan fingerprint density at radius 3 is 2.55 bits per heavy atom. The Labute approximate surface area is 195 Å². The van der Waals surface area contributed by atoms with E-state index < -0.39 is 18.1 Å². The van der Waals surface area contributed by atoms with E-state index in [1.54, 1.807) is 18.2 Å². The average molecular weight is 452 g/mol. The minimum atomic E-state index is -0.919. The van der Waals surface area contributed by atoms with Crippen molar-refractivity contribution in [2.24, 2.45) is 0 Å². The van der Waals surface area contributed by atoms with Crippen molar-refractivity contribution >= 4 is 12.0 Å². The van der Waals surface area contributed by atoms with E-state index in [-0.39, 0.29) is 0 Å². The molecule has 1 saturated heterocycles. The lowest BCUT2D eigenvalue weighted by Crippen LogP contribution is -2.20. The van der Waals surface area contributed by atoms with Crippen LogP contribution in [0.2, 0.25) is 0 Å². The second-order valence-corrected chi connectivity index (χ2v) is 8.85. The van der Waals surface area contributed by atoms with Crippen LogP contribution < -0.4 is 14.8 Å². The van der Waals surface area contributed by atoms with Crippen molar-refractivity contribution in [2.75, 3.05) is 13.2 Å². The summed E-state index contributed by atoms with van der Waals surface area (Å²) in [5, 5.41) is 2.14. The number of imide groups is 1. The maximum absolute atomic E-state index is 11.8. The third-order valence-electron chi connectivity index (χ3n) is 6.34. The third-order valence-corrected chi connectivity index (χ3v) is 6.34. The highest BCUT2D eigenvalue weighted by Crippen LogP contribution is 2.35. The average Bonchev–Trinajstić information content (AvgIpc) is 3.18. The lowest BCUT2D eigenvalue weighted by atomic mass is 9.83. The van der Waals surface area contributed by atoms with Crippen LogP contribution in [0.1, 0.15) is 80.6 Å². The number of carbonyl (C=O) groups excluding carboxylic acids is 2. The number of alkyl carbamates (subject to hydrolysis) is 1. The van der Waals surface area contributed by atoms with E-state index in [0.29, 0.717) is 30.4 Å². The van der Waals surface area contributed by atoms with Crippen molar-refractivity contribution < 1.29 is 23.8 Å². The van der Waals surface area contributed by atoms with Gasteiger partial charge in [-0.3, -0.25) is 10.1 Å². The monoisotopic (exact) mass is 451 g/mol. The topological polar surface area (TPSA) is 73.9 Å². The highest BCUT2D eigenvalue weighted by Gasteiger charge is 2.33. The van der Waals surface area contributed by atoms with Gasteiger partial charge in [0.05, 0.1) is 13.2 Å². The van der Waals surface area contributed by atoms with E-state index in [0.717, 1.165) is 25.0 Å². The standard InChI is InChI=1S/C27H33NO5/c1-2-8-21-17-20(19-9-4-3-5-10-19)13-14-24(21)32-16-7-15-31-23-12-6-11-22(18-23)25-26(29)28-27(30)33-25/h6,11-14,17-19,25H,2-5,7-10,15-16H2,1H3,(H,28,29,30). The summed E-state index contributed by atoms with van der Waals surface area (Å²) < 4.78 is 17.0. The van der Waals surface area contributed by atoms with Gasteiger partial charge in [0, 0.05) is 12.0 Å². The van der Waals surface area contributed by atoms with Crippen molar-refractivity contribution in [1.82, 2.24) is 5.32 Å². The fourth-order valence-electron chi connectivity index (χ4n) is 4.67. The molecule has 176 valence electrons. The number of cyclic esters (lactones) is 1. The summed E-state index contributed by atoms with van der Waals surface area (Å²) in [5.41, 5.74) is 3.36. The lowest BCUT2D eigenvalue weighted by Gasteiger charge is -2.23. The number of amides is 2. The van der Waals surface area contributed by atoms with Gasteiger partial charge >= 0.3 is 6.09 Å². The number of hydrogen-bond acceptors (Lipinski definition) is 5. The molecule has 1 unspecified atom stereocenters. The first-order chi connectivity index (χ1) is 16.1. The zero-order valence-electron chi connectivity index (χ0n) is 19.3. The Kier molecular flexibility index (Phi) is 7.87. The minimum absolute atomic E-state index is 0.456. The lowest BCUT2D eigenvalue weighted by molar-refractivity contribution is -0.123. The van der Waals surface area contributed by atoms with Gasteiger partial charge in [-0.15, -0.1) is 0 Å². The Hall–Kier alpha value is -3.02. The van der Waals surface area contributed by atoms with Gasteiger partial charge in [0.1, 0.15) is 11.5 Å². The second kappa shape index (κ2) is 11.2. The molecule has 0 radical (unpaired) electrons. The summed E-state index contributed by atoms with van der Waals surface area (Å²) in [4.78, 5) is 23.0. The van der Waals surface area contributed by atoms with Crippen LogP contribution in [0.5, 0.6) is 11.5 Å². The molecule has 2 aromatic rings. The van der Waals surface area contributed by atoms with Crippen LogP contribution in [0.3, 0.4) is 0 Å². The molecule has 33 heavy (non-hydrogen) atoms. The second-order valence-electron chi connectivity index (χ2n) is 8.85. The number of ether oxygens (including phenoxy) is 3. The Morgan fingerprint density at radius 2 is 1.79 bits per heavy atom. The smallest absolute Gasteiger partial charge is 0.415 e. The first-order valence-corrected chi connectivity index (χ1v) is 12.1. The van der Waals surface area contributed by atoms with E-state index >= 15 is 0 Å². The van der Waals surface area contributed by atoms with E-state index in [2.05, 4.69) is 30.4 Å². The van der Waals surface area contributed by atoms with Crippen molar-refractivity contribution in [3.63, 3.8) is 0 Å². The first-order valence-electron chi connectivity index (χ1n) is 12.1. The molecule has 1 aliphatic heterocycles. The molecule has 2 amide bonds. The van der Waals surface area contributed by atoms with Crippen molar-refractivity contribution in [3.05, 3.63) is 59.2 Å². The molecule has 2 aliphatic rings. The molecule has 1 saturated carbocycles. The number of carbonyl (C=O) groups is 2. The zero-order chi connectivity index (χ0) is 23.0. The molecule has 1 aliphatic carbocycles. The Balaban J connectivity index is 1.27. The van der Waals surface area contributed by atoms with E-state index in [1.165, 1.54) is 43.2 Å². The van der Waals surface area contributed by atoms with Gasteiger partial charge in [0.2, 0.25) is 6.10 Å². The molecule has 2 aromatic carbocycles. The zero-order valence-corrected chi connectivity index (χ0v) is 19.3. The van der Waals surface area contributed by atoms with E-state index in [9.17, 15) is 9.59 Å². The fourth-order valence-corrected chi connectivity index (χ4v) is 4.67. The number of rotatable bonds is 10. The van der Waals surface area contributed by atoms with Crippen LogP contribution in [0.15, 0.2) is 42.5 Å². The molecule has 1 N–H and O–H groups in total. The molecule has 0 spiro atoms. The van der Waals surface area contributed by atoms with Gasteiger partial charge in [-0.1, -0.05) is 56.9 Å². The van der Waals surface area contributed by atoms with Crippen LogP contribution in [0.4, 0.5) is 4.79 Å². The van der Waals surface area contributed by atoms with Crippen molar-refractivity contribution in [3.8, 4) is 11.5 Å². The van der Waals surface area contributed by atoms with Gasteiger partial charge in [0.15, 0.2) is 0 Å². The molecule has 6 nitrogen and oxygen atoms in total. The quantitative estimate of drug-likeness (QED) is 0.459. The largest absolute Gasteiger partial charge is 0.493 e. The van der Waals surface area contributed by atoms with Crippen molar-refractivity contribution in [2.45, 2.75) is 70.3 Å². The number of benzene rings is 2. The predicted octanol–water partition coefficient (Wildman–Crippen LogP) is 5.84. The van der Waals surface area contributed by atoms with Crippen LogP contribution in [-0.2, 0) is 16.0 Å². The predicted molar refractivity (Wildman–Crippen MR) is 126 cm³/mol.